The van der Waals surface area contributed by atoms with Crippen LogP contribution in [0, 0.1) is 0 Å². The fourth-order valence-electron chi connectivity index (χ4n) is 3.39. The second-order valence-electron chi connectivity index (χ2n) is 7.49. The lowest BCUT2D eigenvalue weighted by molar-refractivity contribution is -0.115. The minimum Gasteiger partial charge on any atom is -0.495 e. The van der Waals surface area contributed by atoms with Crippen LogP contribution in [0.2, 0.25) is 0 Å². The maximum Gasteiger partial charge on any atom is 0.255 e. The number of ether oxygens (including phenoxy) is 1. The van der Waals surface area contributed by atoms with E-state index in [0.717, 1.165) is 15.7 Å². The van der Waals surface area contributed by atoms with Gasteiger partial charge in [0.2, 0.25) is 5.91 Å². The minimum atomic E-state index is -0.312. The van der Waals surface area contributed by atoms with E-state index in [0.29, 0.717) is 22.7 Å². The van der Waals surface area contributed by atoms with Crippen molar-refractivity contribution in [2.24, 2.45) is 0 Å². The van der Waals surface area contributed by atoms with Crippen molar-refractivity contribution < 1.29 is 14.3 Å². The molecule has 0 radical (unpaired) electrons. The van der Waals surface area contributed by atoms with E-state index in [2.05, 4.69) is 10.6 Å². The van der Waals surface area contributed by atoms with Crippen molar-refractivity contribution >= 4 is 45.7 Å². The van der Waals surface area contributed by atoms with E-state index < -0.39 is 0 Å². The van der Waals surface area contributed by atoms with Crippen LogP contribution in [0.3, 0.4) is 0 Å². The van der Waals surface area contributed by atoms with E-state index in [9.17, 15) is 9.59 Å². The monoisotopic (exact) mass is 456 g/mol. The van der Waals surface area contributed by atoms with Gasteiger partial charge in [-0.25, -0.2) is 0 Å². The van der Waals surface area contributed by atoms with Crippen molar-refractivity contribution in [3.8, 4) is 5.75 Å². The summed E-state index contributed by atoms with van der Waals surface area (Å²) in [5, 5.41) is 7.65. The van der Waals surface area contributed by atoms with Crippen LogP contribution in [0.5, 0.6) is 5.75 Å². The molecule has 166 valence electrons. The highest BCUT2D eigenvalue weighted by Crippen LogP contribution is 2.28. The van der Waals surface area contributed by atoms with Crippen LogP contribution in [-0.4, -0.2) is 24.2 Å². The van der Waals surface area contributed by atoms with Crippen LogP contribution in [0.15, 0.2) is 95.9 Å². The highest BCUT2D eigenvalue weighted by atomic mass is 32.2. The Balaban J connectivity index is 1.36. The molecule has 0 saturated carbocycles. The number of hydrogen-bond donors (Lipinski definition) is 2. The van der Waals surface area contributed by atoms with Crippen molar-refractivity contribution in [2.75, 3.05) is 17.7 Å². The van der Waals surface area contributed by atoms with Gasteiger partial charge in [0.05, 0.1) is 18.0 Å². The van der Waals surface area contributed by atoms with E-state index in [-0.39, 0.29) is 17.1 Å². The molecule has 33 heavy (non-hydrogen) atoms. The van der Waals surface area contributed by atoms with Gasteiger partial charge in [-0.15, -0.1) is 11.8 Å². The molecule has 0 heterocycles. The van der Waals surface area contributed by atoms with Gasteiger partial charge < -0.3 is 15.4 Å². The Morgan fingerprint density at radius 2 is 1.52 bits per heavy atom. The number of para-hydroxylation sites is 2. The molecule has 0 saturated heterocycles. The molecule has 1 unspecified atom stereocenters. The first-order valence-electron chi connectivity index (χ1n) is 10.5. The second kappa shape index (κ2) is 10.2. The number of hydrogen-bond acceptors (Lipinski definition) is 4. The molecule has 0 spiro atoms. The molecule has 0 fully saturated rings. The first kappa shape index (κ1) is 22.4. The molecule has 4 rings (SSSR count). The fraction of sp³-hybridized carbons (Fsp3) is 0.111. The summed E-state index contributed by atoms with van der Waals surface area (Å²) >= 11 is 1.44. The Morgan fingerprint density at radius 3 is 2.27 bits per heavy atom. The molecule has 1 atom stereocenters. The van der Waals surface area contributed by atoms with E-state index in [4.69, 9.17) is 4.74 Å². The smallest absolute Gasteiger partial charge is 0.255 e. The molecule has 0 aliphatic rings. The average molecular weight is 457 g/mol. The summed E-state index contributed by atoms with van der Waals surface area (Å²) < 4.78 is 5.29. The summed E-state index contributed by atoms with van der Waals surface area (Å²) in [5.74, 6) is 0.346. The third kappa shape index (κ3) is 5.54. The lowest BCUT2D eigenvalue weighted by Gasteiger charge is -2.14. The Hall–Kier alpha value is -3.77. The number of thioether (sulfide) groups is 1. The molecule has 2 N–H and O–H groups in total. The molecule has 2 amide bonds. The SMILES string of the molecule is COc1ccccc1NC(=O)C(C)Sc1ccc(NC(=O)c2ccc3ccccc3c2)cc1. The summed E-state index contributed by atoms with van der Waals surface area (Å²) in [7, 11) is 1.57. The Bertz CT molecular complexity index is 1290. The van der Waals surface area contributed by atoms with Gasteiger partial charge in [0, 0.05) is 16.1 Å². The molecule has 6 heteroatoms. The van der Waals surface area contributed by atoms with Crippen molar-refractivity contribution in [1.82, 2.24) is 0 Å². The summed E-state index contributed by atoms with van der Waals surface area (Å²) in [5.41, 5.74) is 1.95. The van der Waals surface area contributed by atoms with Crippen LogP contribution in [-0.2, 0) is 4.79 Å². The topological polar surface area (TPSA) is 67.4 Å². The van der Waals surface area contributed by atoms with Crippen molar-refractivity contribution in [3.05, 3.63) is 96.6 Å². The molecule has 4 aromatic rings. The number of nitrogens with one attached hydrogen (secondary N) is 2. The number of benzene rings is 4. The maximum atomic E-state index is 12.7. The van der Waals surface area contributed by atoms with Gasteiger partial charge in [0.15, 0.2) is 0 Å². The number of fused-ring (bicyclic) bond motifs is 1. The number of carbonyl (C=O) groups excluding carboxylic acids is 2. The highest BCUT2D eigenvalue weighted by molar-refractivity contribution is 8.00. The number of methoxy groups -OCH3 is 1. The summed E-state index contributed by atoms with van der Waals surface area (Å²) in [4.78, 5) is 26.2. The molecule has 0 aliphatic heterocycles. The predicted octanol–water partition coefficient (Wildman–Crippen LogP) is 6.22. The average Bonchev–Trinajstić information content (AvgIpc) is 2.85. The van der Waals surface area contributed by atoms with Crippen LogP contribution >= 0.6 is 11.8 Å². The van der Waals surface area contributed by atoms with Crippen molar-refractivity contribution in [3.63, 3.8) is 0 Å². The number of carbonyl (C=O) groups is 2. The fourth-order valence-corrected chi connectivity index (χ4v) is 4.26. The maximum absolute atomic E-state index is 12.7. The molecule has 0 aromatic heterocycles. The molecular weight excluding hydrogens is 432 g/mol. The van der Waals surface area contributed by atoms with Gasteiger partial charge in [0.1, 0.15) is 5.75 Å². The molecule has 4 aromatic carbocycles. The van der Waals surface area contributed by atoms with Crippen LogP contribution in [0.1, 0.15) is 17.3 Å². The predicted molar refractivity (Wildman–Crippen MR) is 135 cm³/mol. The van der Waals surface area contributed by atoms with Gasteiger partial charge in [0.25, 0.3) is 5.91 Å². The third-order valence-corrected chi connectivity index (χ3v) is 6.28. The lowest BCUT2D eigenvalue weighted by atomic mass is 10.1. The number of anilines is 2. The summed E-state index contributed by atoms with van der Waals surface area (Å²) in [6, 6.07) is 28.4. The second-order valence-corrected chi connectivity index (χ2v) is 8.90. The number of amides is 2. The standard InChI is InChI=1S/C27H24N2O3S/c1-18(26(30)29-24-9-5-6-10-25(24)32-2)33-23-15-13-22(14-16-23)28-27(31)21-12-11-19-7-3-4-8-20(19)17-21/h3-18H,1-2H3,(H,28,31)(H,29,30). The summed E-state index contributed by atoms with van der Waals surface area (Å²) in [6.45, 7) is 1.85. The zero-order chi connectivity index (χ0) is 23.2. The molecule has 5 nitrogen and oxygen atoms in total. The normalized spacial score (nSPS) is 11.6. The van der Waals surface area contributed by atoms with E-state index in [1.807, 2.05) is 85.8 Å². The Morgan fingerprint density at radius 1 is 0.818 bits per heavy atom. The lowest BCUT2D eigenvalue weighted by Crippen LogP contribution is -2.22. The van der Waals surface area contributed by atoms with Gasteiger partial charge in [-0.05, 0) is 66.2 Å². The molecular formula is C27H24N2O3S. The van der Waals surface area contributed by atoms with E-state index in [1.54, 1.807) is 19.2 Å². The highest BCUT2D eigenvalue weighted by Gasteiger charge is 2.16. The molecule has 0 bridgehead atoms. The quantitative estimate of drug-likeness (QED) is 0.324. The van der Waals surface area contributed by atoms with Crippen LogP contribution in [0.25, 0.3) is 10.8 Å². The van der Waals surface area contributed by atoms with Crippen LogP contribution < -0.4 is 15.4 Å². The van der Waals surface area contributed by atoms with Crippen molar-refractivity contribution in [2.45, 2.75) is 17.1 Å². The molecule has 0 aliphatic carbocycles. The Labute approximate surface area is 197 Å². The summed E-state index contributed by atoms with van der Waals surface area (Å²) in [6.07, 6.45) is 0. The zero-order valence-corrected chi connectivity index (χ0v) is 19.2. The largest absolute Gasteiger partial charge is 0.495 e. The van der Waals surface area contributed by atoms with Gasteiger partial charge in [-0.1, -0.05) is 42.5 Å². The van der Waals surface area contributed by atoms with Crippen molar-refractivity contribution in [1.29, 1.82) is 0 Å². The zero-order valence-electron chi connectivity index (χ0n) is 18.4. The van der Waals surface area contributed by atoms with Gasteiger partial charge >= 0.3 is 0 Å². The number of rotatable bonds is 7. The third-order valence-electron chi connectivity index (χ3n) is 5.17. The minimum absolute atomic E-state index is 0.113. The van der Waals surface area contributed by atoms with Crippen LogP contribution in [0.4, 0.5) is 11.4 Å². The first-order valence-corrected chi connectivity index (χ1v) is 11.4. The van der Waals surface area contributed by atoms with E-state index >= 15 is 0 Å². The van der Waals surface area contributed by atoms with Gasteiger partial charge in [-0.3, -0.25) is 9.59 Å². The Kier molecular flexibility index (Phi) is 6.95. The first-order chi connectivity index (χ1) is 16.0. The van der Waals surface area contributed by atoms with Gasteiger partial charge in [-0.2, -0.15) is 0 Å². The van der Waals surface area contributed by atoms with E-state index in [1.165, 1.54) is 11.8 Å².